The minimum atomic E-state index is -2.93. The maximum atomic E-state index is 12.3. The third-order valence-corrected chi connectivity index (χ3v) is 2.92. The fourth-order valence-electron chi connectivity index (χ4n) is 1.97. The number of aromatic nitrogens is 2. The van der Waals surface area contributed by atoms with E-state index in [2.05, 4.69) is 20.4 Å². The van der Waals surface area contributed by atoms with E-state index in [4.69, 9.17) is 0 Å². The van der Waals surface area contributed by atoms with Crippen LogP contribution in [0.15, 0.2) is 35.4 Å². The number of para-hydroxylation sites is 1. The van der Waals surface area contributed by atoms with Gasteiger partial charge in [-0.1, -0.05) is 12.1 Å². The van der Waals surface area contributed by atoms with Crippen LogP contribution in [0.1, 0.15) is 17.0 Å². The SMILES string of the molecule is Cc1cc(C)n(CC(=O)N/N=C/c2ccccc2OC(F)F)n1. The number of ether oxygens (including phenoxy) is 1. The lowest BCUT2D eigenvalue weighted by Gasteiger charge is -2.07. The van der Waals surface area contributed by atoms with Crippen molar-refractivity contribution in [3.05, 3.63) is 47.3 Å². The smallest absolute Gasteiger partial charge is 0.387 e. The molecule has 1 amide bonds. The van der Waals surface area contributed by atoms with Crippen LogP contribution in [0.2, 0.25) is 0 Å². The minimum Gasteiger partial charge on any atom is -0.434 e. The number of alkyl halides is 2. The fraction of sp³-hybridized carbons (Fsp3) is 0.267. The van der Waals surface area contributed by atoms with Gasteiger partial charge in [0.15, 0.2) is 0 Å². The summed E-state index contributed by atoms with van der Waals surface area (Å²) in [5.41, 5.74) is 4.33. The third kappa shape index (κ3) is 4.87. The van der Waals surface area contributed by atoms with Crippen LogP contribution in [0.3, 0.4) is 0 Å². The monoisotopic (exact) mass is 322 g/mol. The van der Waals surface area contributed by atoms with Gasteiger partial charge in [0.2, 0.25) is 0 Å². The Kier molecular flexibility index (Phi) is 5.40. The van der Waals surface area contributed by atoms with Crippen LogP contribution in [0.25, 0.3) is 0 Å². The van der Waals surface area contributed by atoms with Gasteiger partial charge in [-0.25, -0.2) is 5.43 Å². The van der Waals surface area contributed by atoms with Gasteiger partial charge in [-0.2, -0.15) is 19.0 Å². The molecule has 0 saturated heterocycles. The predicted octanol–water partition coefficient (Wildman–Crippen LogP) is 2.25. The number of hydrazone groups is 1. The van der Waals surface area contributed by atoms with Crippen molar-refractivity contribution in [1.29, 1.82) is 0 Å². The van der Waals surface area contributed by atoms with E-state index in [0.717, 1.165) is 11.4 Å². The molecule has 122 valence electrons. The normalized spacial score (nSPS) is 11.2. The molecule has 0 bridgehead atoms. The number of carbonyl (C=O) groups is 1. The molecule has 0 aliphatic heterocycles. The van der Waals surface area contributed by atoms with Gasteiger partial charge in [0.25, 0.3) is 5.91 Å². The lowest BCUT2D eigenvalue weighted by atomic mass is 10.2. The zero-order chi connectivity index (χ0) is 16.8. The lowest BCUT2D eigenvalue weighted by molar-refractivity contribution is -0.121. The summed E-state index contributed by atoms with van der Waals surface area (Å²) in [6.45, 7) is 0.769. The molecule has 1 N–H and O–H groups in total. The zero-order valence-corrected chi connectivity index (χ0v) is 12.7. The number of hydrogen-bond acceptors (Lipinski definition) is 4. The molecule has 1 aromatic heterocycles. The number of hydrogen-bond donors (Lipinski definition) is 1. The maximum Gasteiger partial charge on any atom is 0.387 e. The average molecular weight is 322 g/mol. The highest BCUT2D eigenvalue weighted by Gasteiger charge is 2.08. The third-order valence-electron chi connectivity index (χ3n) is 2.92. The second kappa shape index (κ2) is 7.48. The van der Waals surface area contributed by atoms with Gasteiger partial charge in [-0.15, -0.1) is 0 Å². The molecule has 8 heteroatoms. The molecular formula is C15H16F2N4O2. The van der Waals surface area contributed by atoms with Gasteiger partial charge in [0, 0.05) is 11.3 Å². The van der Waals surface area contributed by atoms with E-state index >= 15 is 0 Å². The van der Waals surface area contributed by atoms with Crippen LogP contribution in [0.4, 0.5) is 8.78 Å². The number of amides is 1. The number of halogens is 2. The largest absolute Gasteiger partial charge is 0.434 e. The Balaban J connectivity index is 1.96. The molecule has 6 nitrogen and oxygen atoms in total. The zero-order valence-electron chi connectivity index (χ0n) is 12.7. The molecule has 2 rings (SSSR count). The number of nitrogens with one attached hydrogen (secondary N) is 1. The van der Waals surface area contributed by atoms with E-state index < -0.39 is 6.61 Å². The molecular weight excluding hydrogens is 306 g/mol. The highest BCUT2D eigenvalue weighted by atomic mass is 19.3. The predicted molar refractivity (Wildman–Crippen MR) is 80.5 cm³/mol. The molecule has 23 heavy (non-hydrogen) atoms. The van der Waals surface area contributed by atoms with Crippen LogP contribution in [-0.4, -0.2) is 28.5 Å². The van der Waals surface area contributed by atoms with Crippen molar-refractivity contribution >= 4 is 12.1 Å². The summed E-state index contributed by atoms with van der Waals surface area (Å²) in [6, 6.07) is 8.02. The first-order chi connectivity index (χ1) is 11.0. The van der Waals surface area contributed by atoms with Crippen LogP contribution >= 0.6 is 0 Å². The van der Waals surface area contributed by atoms with Crippen LogP contribution in [0.5, 0.6) is 5.75 Å². The van der Waals surface area contributed by atoms with Crippen molar-refractivity contribution in [3.8, 4) is 5.75 Å². The van der Waals surface area contributed by atoms with E-state index in [0.29, 0.717) is 5.56 Å². The topological polar surface area (TPSA) is 68.5 Å². The number of aryl methyl sites for hydroxylation is 2. The quantitative estimate of drug-likeness (QED) is 0.655. The second-order valence-electron chi connectivity index (χ2n) is 4.79. The second-order valence-corrected chi connectivity index (χ2v) is 4.79. The highest BCUT2D eigenvalue weighted by molar-refractivity contribution is 5.85. The first kappa shape index (κ1) is 16.6. The fourth-order valence-corrected chi connectivity index (χ4v) is 1.97. The lowest BCUT2D eigenvalue weighted by Crippen LogP contribution is -2.24. The molecule has 1 aromatic carbocycles. The number of nitrogens with zero attached hydrogens (tertiary/aromatic N) is 3. The van der Waals surface area contributed by atoms with E-state index in [-0.39, 0.29) is 18.2 Å². The van der Waals surface area contributed by atoms with Crippen LogP contribution in [0, 0.1) is 13.8 Å². The molecule has 0 radical (unpaired) electrons. The number of benzene rings is 1. The Labute approximate surface area is 131 Å². The Morgan fingerprint density at radius 3 is 2.83 bits per heavy atom. The van der Waals surface area contributed by atoms with E-state index in [1.54, 1.807) is 22.9 Å². The summed E-state index contributed by atoms with van der Waals surface area (Å²) in [7, 11) is 0. The molecule has 0 aliphatic carbocycles. The molecule has 0 atom stereocenters. The average Bonchev–Trinajstić information content (AvgIpc) is 2.78. The maximum absolute atomic E-state index is 12.3. The van der Waals surface area contributed by atoms with E-state index in [1.807, 2.05) is 19.9 Å². The first-order valence-corrected chi connectivity index (χ1v) is 6.82. The Bertz CT molecular complexity index is 713. The van der Waals surface area contributed by atoms with E-state index in [9.17, 15) is 13.6 Å². The van der Waals surface area contributed by atoms with Crippen LogP contribution in [-0.2, 0) is 11.3 Å². The number of rotatable bonds is 6. The van der Waals surface area contributed by atoms with Crippen LogP contribution < -0.4 is 10.2 Å². The number of carbonyl (C=O) groups excluding carboxylic acids is 1. The molecule has 1 heterocycles. The van der Waals surface area contributed by atoms with Crippen molar-refractivity contribution in [2.24, 2.45) is 5.10 Å². The van der Waals surface area contributed by atoms with Crippen molar-refractivity contribution < 1.29 is 18.3 Å². The van der Waals surface area contributed by atoms with E-state index in [1.165, 1.54) is 12.3 Å². The molecule has 0 saturated carbocycles. The van der Waals surface area contributed by atoms with Gasteiger partial charge in [0.05, 0.1) is 11.9 Å². The summed E-state index contributed by atoms with van der Waals surface area (Å²) >= 11 is 0. The summed E-state index contributed by atoms with van der Waals surface area (Å²) < 4.78 is 30.5. The summed E-state index contributed by atoms with van der Waals surface area (Å²) in [4.78, 5) is 11.8. The molecule has 0 spiro atoms. The van der Waals surface area contributed by atoms with Gasteiger partial charge >= 0.3 is 6.61 Å². The standard InChI is InChI=1S/C15H16F2N4O2/c1-10-7-11(2)21(20-10)9-14(22)19-18-8-12-5-3-4-6-13(12)23-15(16)17/h3-8,15H,9H2,1-2H3,(H,19,22)/b18-8+. The Hall–Kier alpha value is -2.77. The molecule has 0 unspecified atom stereocenters. The molecule has 2 aromatic rings. The minimum absolute atomic E-state index is 0.0148. The van der Waals surface area contributed by atoms with Gasteiger partial charge in [-0.05, 0) is 32.0 Å². The van der Waals surface area contributed by atoms with Crippen molar-refractivity contribution in [3.63, 3.8) is 0 Å². The van der Waals surface area contributed by atoms with Crippen molar-refractivity contribution in [2.45, 2.75) is 27.0 Å². The highest BCUT2D eigenvalue weighted by Crippen LogP contribution is 2.18. The van der Waals surface area contributed by atoms with Gasteiger partial charge in [-0.3, -0.25) is 9.48 Å². The Morgan fingerprint density at radius 2 is 2.17 bits per heavy atom. The van der Waals surface area contributed by atoms with Crippen molar-refractivity contribution in [1.82, 2.24) is 15.2 Å². The Morgan fingerprint density at radius 1 is 1.43 bits per heavy atom. The van der Waals surface area contributed by atoms with Gasteiger partial charge in [0.1, 0.15) is 12.3 Å². The summed E-state index contributed by atoms with van der Waals surface area (Å²) in [6.07, 6.45) is 1.25. The summed E-state index contributed by atoms with van der Waals surface area (Å²) in [5, 5.41) is 7.92. The molecule has 0 aliphatic rings. The van der Waals surface area contributed by atoms with Gasteiger partial charge < -0.3 is 4.74 Å². The first-order valence-electron chi connectivity index (χ1n) is 6.82. The van der Waals surface area contributed by atoms with Crippen molar-refractivity contribution in [2.75, 3.05) is 0 Å². The molecule has 0 fully saturated rings. The summed E-state index contributed by atoms with van der Waals surface area (Å²) in [5.74, 6) is -0.390.